The van der Waals surface area contributed by atoms with Gasteiger partial charge < -0.3 is 20.1 Å². The van der Waals surface area contributed by atoms with Crippen LogP contribution in [-0.4, -0.2) is 39.3 Å². The molecule has 0 radical (unpaired) electrons. The molecule has 2 heterocycles. The largest absolute Gasteiger partial charge is 0.478 e. The third kappa shape index (κ3) is 2.75. The van der Waals surface area contributed by atoms with Crippen molar-refractivity contribution in [2.45, 2.75) is 50.2 Å². The maximum atomic E-state index is 11.8. The Morgan fingerprint density at radius 1 is 1.39 bits per heavy atom. The molecule has 4 aliphatic carbocycles. The number of carbonyl (C=O) groups is 1. The molecule has 6 rings (SSSR count). The van der Waals surface area contributed by atoms with E-state index in [1.165, 1.54) is 19.0 Å². The molecule has 0 aromatic carbocycles. The number of ether oxygens (including phenoxy) is 1. The highest BCUT2D eigenvalue weighted by atomic mass is 16.5. The molecule has 2 unspecified atom stereocenters. The maximum Gasteiger partial charge on any atom is 0.339 e. The lowest BCUT2D eigenvalue weighted by Crippen LogP contribution is -2.60. The fraction of sp³-hybridized carbons (Fsp3) is 0.571. The van der Waals surface area contributed by atoms with Crippen LogP contribution in [0.4, 0.5) is 5.69 Å². The van der Waals surface area contributed by atoms with Gasteiger partial charge in [-0.2, -0.15) is 5.26 Å². The van der Waals surface area contributed by atoms with Crippen LogP contribution in [0.25, 0.3) is 11.0 Å². The molecule has 3 N–H and O–H groups in total. The first kappa shape index (κ1) is 17.5. The summed E-state index contributed by atoms with van der Waals surface area (Å²) >= 11 is 0. The summed E-state index contributed by atoms with van der Waals surface area (Å²) in [5.74, 6) is 0.661. The van der Waals surface area contributed by atoms with E-state index in [4.69, 9.17) is 10.00 Å². The number of carboxylic acids is 1. The third-order valence-electron chi connectivity index (χ3n) is 6.97. The van der Waals surface area contributed by atoms with Gasteiger partial charge in [0.2, 0.25) is 0 Å². The van der Waals surface area contributed by atoms with Gasteiger partial charge in [-0.05, 0) is 55.9 Å². The molecule has 146 valence electrons. The van der Waals surface area contributed by atoms with Gasteiger partial charge in [-0.25, -0.2) is 9.78 Å². The first-order valence-corrected chi connectivity index (χ1v) is 10.1. The van der Waals surface area contributed by atoms with Crippen molar-refractivity contribution in [3.05, 3.63) is 24.0 Å². The summed E-state index contributed by atoms with van der Waals surface area (Å²) in [5.41, 5.74) is 1.52. The third-order valence-corrected chi connectivity index (χ3v) is 6.97. The Bertz CT molecular complexity index is 946. The van der Waals surface area contributed by atoms with Crippen molar-refractivity contribution in [1.29, 1.82) is 5.26 Å². The van der Waals surface area contributed by atoms with Gasteiger partial charge in [-0.15, -0.1) is 0 Å². The zero-order chi connectivity index (χ0) is 19.3. The van der Waals surface area contributed by atoms with E-state index in [2.05, 4.69) is 21.4 Å². The van der Waals surface area contributed by atoms with Gasteiger partial charge in [0.25, 0.3) is 0 Å². The molecular weight excluding hydrogens is 356 g/mol. The van der Waals surface area contributed by atoms with Crippen LogP contribution in [-0.2, 0) is 4.74 Å². The van der Waals surface area contributed by atoms with E-state index in [0.717, 1.165) is 24.6 Å². The van der Waals surface area contributed by atoms with Gasteiger partial charge in [0, 0.05) is 23.8 Å². The predicted molar refractivity (Wildman–Crippen MR) is 103 cm³/mol. The second kappa shape index (κ2) is 6.49. The van der Waals surface area contributed by atoms with Crippen molar-refractivity contribution < 1.29 is 14.6 Å². The van der Waals surface area contributed by atoms with Crippen LogP contribution >= 0.6 is 0 Å². The van der Waals surface area contributed by atoms with Gasteiger partial charge in [0.05, 0.1) is 30.4 Å². The minimum atomic E-state index is -0.960. The molecule has 4 fully saturated rings. The number of nitrogens with one attached hydrogen (secondary N) is 2. The Morgan fingerprint density at radius 2 is 2.18 bits per heavy atom. The highest BCUT2D eigenvalue weighted by Gasteiger charge is 2.56. The fourth-order valence-corrected chi connectivity index (χ4v) is 6.17. The Balaban J connectivity index is 1.43. The average molecular weight is 380 g/mol. The SMILES string of the molecule is N#CCCOC12CC3CC(C1)C(Nc1c(C(=O)O)cnc4[nH]ccc14)C(C3)C2. The molecule has 0 spiro atoms. The minimum Gasteiger partial charge on any atom is -0.478 e. The Morgan fingerprint density at radius 3 is 2.89 bits per heavy atom. The van der Waals surface area contributed by atoms with E-state index in [-0.39, 0.29) is 17.2 Å². The molecule has 2 aromatic rings. The number of H-pyrrole nitrogens is 1. The number of nitrogens with zero attached hydrogens (tertiary/aromatic N) is 2. The molecule has 2 aromatic heterocycles. The maximum absolute atomic E-state index is 11.8. The van der Waals surface area contributed by atoms with E-state index in [1.54, 1.807) is 6.20 Å². The number of anilines is 1. The van der Waals surface area contributed by atoms with Crippen LogP contribution < -0.4 is 5.32 Å². The first-order chi connectivity index (χ1) is 13.6. The van der Waals surface area contributed by atoms with Crippen molar-refractivity contribution in [2.24, 2.45) is 17.8 Å². The molecule has 0 amide bonds. The molecular formula is C21H24N4O3. The summed E-state index contributed by atoms with van der Waals surface area (Å²) in [5, 5.41) is 23.0. The Kier molecular flexibility index (Phi) is 4.06. The van der Waals surface area contributed by atoms with Crippen LogP contribution in [0.5, 0.6) is 0 Å². The zero-order valence-electron chi connectivity index (χ0n) is 15.6. The molecule has 4 aliphatic rings. The van der Waals surface area contributed by atoms with E-state index in [0.29, 0.717) is 42.1 Å². The van der Waals surface area contributed by atoms with Crippen molar-refractivity contribution in [2.75, 3.05) is 11.9 Å². The van der Waals surface area contributed by atoms with Crippen molar-refractivity contribution >= 4 is 22.7 Å². The van der Waals surface area contributed by atoms with Crippen LogP contribution in [0.3, 0.4) is 0 Å². The van der Waals surface area contributed by atoms with Crippen molar-refractivity contribution in [3.8, 4) is 6.07 Å². The molecule has 28 heavy (non-hydrogen) atoms. The molecule has 0 aliphatic heterocycles. The second-order valence-electron chi connectivity index (χ2n) is 8.67. The number of aromatic amines is 1. The molecule has 0 saturated heterocycles. The number of aromatic carboxylic acids is 1. The van der Waals surface area contributed by atoms with Crippen LogP contribution in [0, 0.1) is 29.1 Å². The second-order valence-corrected chi connectivity index (χ2v) is 8.67. The summed E-state index contributed by atoms with van der Waals surface area (Å²) in [7, 11) is 0. The predicted octanol–water partition coefficient (Wildman–Crippen LogP) is 3.55. The van der Waals surface area contributed by atoms with Crippen LogP contribution in [0.1, 0.15) is 48.9 Å². The summed E-state index contributed by atoms with van der Waals surface area (Å²) < 4.78 is 6.24. The summed E-state index contributed by atoms with van der Waals surface area (Å²) in [6.07, 6.45) is 9.10. The number of carboxylic acid groups (broad SMARTS) is 1. The summed E-state index contributed by atoms with van der Waals surface area (Å²) in [6.45, 7) is 0.512. The van der Waals surface area contributed by atoms with Crippen LogP contribution in [0.15, 0.2) is 18.5 Å². The Hall–Kier alpha value is -2.59. The Labute approximate surface area is 163 Å². The lowest BCUT2D eigenvalue weighted by atomic mass is 9.52. The topological polar surface area (TPSA) is 111 Å². The summed E-state index contributed by atoms with van der Waals surface area (Å²) in [6, 6.07) is 4.31. The first-order valence-electron chi connectivity index (χ1n) is 10.1. The van der Waals surface area contributed by atoms with Gasteiger partial charge in [-0.1, -0.05) is 0 Å². The lowest BCUT2D eigenvalue weighted by Gasteiger charge is -2.59. The lowest BCUT2D eigenvalue weighted by molar-refractivity contribution is -0.165. The standard InChI is InChI=1S/C21H24N4O3/c22-3-1-5-28-21-8-12-6-13(9-21)17(14(7-12)10-21)25-18-15-2-4-23-19(15)24-11-16(18)20(26)27/h2,4,11-14,17H,1,5-10H2,(H,26,27)(H2,23,24,25). The van der Waals surface area contributed by atoms with E-state index in [9.17, 15) is 9.90 Å². The van der Waals surface area contributed by atoms with E-state index in [1.807, 2.05) is 6.07 Å². The number of fused-ring (bicyclic) bond motifs is 1. The average Bonchev–Trinajstić information content (AvgIpc) is 3.13. The molecule has 7 heteroatoms. The molecule has 7 nitrogen and oxygen atoms in total. The minimum absolute atomic E-state index is 0.0805. The summed E-state index contributed by atoms with van der Waals surface area (Å²) in [4.78, 5) is 19.1. The number of aromatic nitrogens is 2. The van der Waals surface area contributed by atoms with E-state index < -0.39 is 5.97 Å². The van der Waals surface area contributed by atoms with E-state index >= 15 is 0 Å². The van der Waals surface area contributed by atoms with Gasteiger partial charge in [-0.3, -0.25) is 0 Å². The smallest absolute Gasteiger partial charge is 0.339 e. The zero-order valence-corrected chi connectivity index (χ0v) is 15.6. The highest BCUT2D eigenvalue weighted by Crippen LogP contribution is 2.58. The number of rotatable bonds is 6. The van der Waals surface area contributed by atoms with Gasteiger partial charge in [0.1, 0.15) is 11.2 Å². The fourth-order valence-electron chi connectivity index (χ4n) is 6.17. The monoisotopic (exact) mass is 380 g/mol. The number of hydrogen-bond acceptors (Lipinski definition) is 5. The van der Waals surface area contributed by atoms with Crippen molar-refractivity contribution in [3.63, 3.8) is 0 Å². The normalized spacial score (nSPS) is 33.1. The number of pyridine rings is 1. The molecule has 4 saturated carbocycles. The van der Waals surface area contributed by atoms with Crippen LogP contribution in [0.2, 0.25) is 0 Å². The molecule has 2 atom stereocenters. The quantitative estimate of drug-likeness (QED) is 0.661. The van der Waals surface area contributed by atoms with Gasteiger partial charge in [0.15, 0.2) is 0 Å². The van der Waals surface area contributed by atoms with Gasteiger partial charge >= 0.3 is 5.97 Å². The van der Waals surface area contributed by atoms with Crippen molar-refractivity contribution in [1.82, 2.24) is 9.97 Å². The highest BCUT2D eigenvalue weighted by molar-refractivity contribution is 6.03. The number of hydrogen-bond donors (Lipinski definition) is 3. The molecule has 4 bridgehead atoms. The number of nitriles is 1.